The number of rotatable bonds is 7. The Labute approximate surface area is 119 Å². The number of alkyl halides is 3. The second kappa shape index (κ2) is 8.09. The van der Waals surface area contributed by atoms with Crippen LogP contribution < -0.4 is 4.74 Å². The predicted molar refractivity (Wildman–Crippen MR) is 71.1 cm³/mol. The third-order valence-corrected chi connectivity index (χ3v) is 2.94. The lowest BCUT2D eigenvalue weighted by Gasteiger charge is -2.11. The second-order valence-corrected chi connectivity index (χ2v) is 4.50. The molecule has 0 saturated heterocycles. The minimum absolute atomic E-state index is 0.0411. The van der Waals surface area contributed by atoms with Crippen molar-refractivity contribution in [3.63, 3.8) is 0 Å². The number of ether oxygens (including phenoxy) is 2. The van der Waals surface area contributed by atoms with Gasteiger partial charge in [-0.25, -0.2) is 4.79 Å². The normalized spacial score (nSPS) is 10.6. The molecule has 0 aliphatic carbocycles. The zero-order valence-corrected chi connectivity index (χ0v) is 12.1. The van der Waals surface area contributed by atoms with Crippen molar-refractivity contribution >= 4 is 21.9 Å². The highest BCUT2D eigenvalue weighted by atomic mass is 79.9. The van der Waals surface area contributed by atoms with E-state index in [1.807, 2.05) is 0 Å². The van der Waals surface area contributed by atoms with Crippen molar-refractivity contribution in [1.82, 2.24) is 0 Å². The summed E-state index contributed by atoms with van der Waals surface area (Å²) in [6.07, 6.45) is 1.50. The highest BCUT2D eigenvalue weighted by Gasteiger charge is 2.15. The molecule has 0 aliphatic heterocycles. The molecule has 0 amide bonds. The Morgan fingerprint density at radius 1 is 1.42 bits per heavy atom. The maximum Gasteiger partial charge on any atom is 0.387 e. The van der Waals surface area contributed by atoms with Crippen LogP contribution in [0.25, 0.3) is 0 Å². The Bertz CT molecular complexity index is 424. The van der Waals surface area contributed by atoms with E-state index in [1.165, 1.54) is 12.1 Å². The lowest BCUT2D eigenvalue weighted by Crippen LogP contribution is -2.10. The maximum absolute atomic E-state index is 12.2. The van der Waals surface area contributed by atoms with Gasteiger partial charge in [0.2, 0.25) is 0 Å². The van der Waals surface area contributed by atoms with Gasteiger partial charge in [0.1, 0.15) is 5.75 Å². The summed E-state index contributed by atoms with van der Waals surface area (Å²) >= 11 is 3.31. The van der Waals surface area contributed by atoms with Gasteiger partial charge in [-0.2, -0.15) is 8.78 Å². The Balaban J connectivity index is 2.99. The molecule has 0 aliphatic rings. The molecular formula is C13H15BrF2O3. The standard InChI is InChI=1S/C13H15BrF2O3/c1-2-18-12(17)11-8-10(19-13(15)16)6-5-9(11)4-3-7-14/h5-6,8,13H,2-4,7H2,1H3. The fourth-order valence-corrected chi connectivity index (χ4v) is 1.89. The van der Waals surface area contributed by atoms with E-state index in [-0.39, 0.29) is 17.9 Å². The van der Waals surface area contributed by atoms with E-state index in [9.17, 15) is 13.6 Å². The van der Waals surface area contributed by atoms with Crippen LogP contribution in [-0.2, 0) is 11.2 Å². The Kier molecular flexibility index (Phi) is 6.77. The van der Waals surface area contributed by atoms with Crippen LogP contribution in [0.2, 0.25) is 0 Å². The minimum Gasteiger partial charge on any atom is -0.462 e. The average molecular weight is 337 g/mol. The smallest absolute Gasteiger partial charge is 0.387 e. The highest BCUT2D eigenvalue weighted by molar-refractivity contribution is 9.09. The molecule has 106 valence electrons. The molecule has 6 heteroatoms. The van der Waals surface area contributed by atoms with E-state index in [0.29, 0.717) is 6.42 Å². The quantitative estimate of drug-likeness (QED) is 0.561. The van der Waals surface area contributed by atoms with Crippen LogP contribution in [0.15, 0.2) is 18.2 Å². The number of carbonyl (C=O) groups excluding carboxylic acids is 1. The van der Waals surface area contributed by atoms with Gasteiger partial charge in [0, 0.05) is 5.33 Å². The SMILES string of the molecule is CCOC(=O)c1cc(OC(F)F)ccc1CCCBr. The zero-order valence-electron chi connectivity index (χ0n) is 10.5. The summed E-state index contributed by atoms with van der Waals surface area (Å²) in [5, 5.41) is 0.796. The molecule has 3 nitrogen and oxygen atoms in total. The van der Waals surface area contributed by atoms with Crippen molar-refractivity contribution in [2.45, 2.75) is 26.4 Å². The Morgan fingerprint density at radius 3 is 2.74 bits per heavy atom. The average Bonchev–Trinajstić information content (AvgIpc) is 2.36. The van der Waals surface area contributed by atoms with Crippen molar-refractivity contribution in [2.24, 2.45) is 0 Å². The van der Waals surface area contributed by atoms with Crippen LogP contribution in [0, 0.1) is 0 Å². The molecule has 0 unspecified atom stereocenters. The van der Waals surface area contributed by atoms with Gasteiger partial charge in [-0.3, -0.25) is 0 Å². The summed E-state index contributed by atoms with van der Waals surface area (Å²) < 4.78 is 33.5. The molecule has 0 aromatic heterocycles. The summed E-state index contributed by atoms with van der Waals surface area (Å²) in [6, 6.07) is 4.35. The van der Waals surface area contributed by atoms with E-state index in [2.05, 4.69) is 20.7 Å². The number of benzene rings is 1. The number of hydrogen-bond acceptors (Lipinski definition) is 3. The van der Waals surface area contributed by atoms with Crippen LogP contribution in [0.1, 0.15) is 29.3 Å². The summed E-state index contributed by atoms with van der Waals surface area (Å²) in [4.78, 5) is 11.8. The van der Waals surface area contributed by atoms with E-state index < -0.39 is 12.6 Å². The lowest BCUT2D eigenvalue weighted by atomic mass is 10.0. The first kappa shape index (κ1) is 15.9. The molecule has 0 fully saturated rings. The van der Waals surface area contributed by atoms with E-state index in [4.69, 9.17) is 4.74 Å². The number of halogens is 3. The predicted octanol–water partition coefficient (Wildman–Crippen LogP) is 3.79. The number of hydrogen-bond donors (Lipinski definition) is 0. The number of esters is 1. The van der Waals surface area contributed by atoms with E-state index in [0.717, 1.165) is 17.3 Å². The molecule has 0 atom stereocenters. The van der Waals surface area contributed by atoms with Crippen LogP contribution in [0.4, 0.5) is 8.78 Å². The summed E-state index contributed by atoms with van der Waals surface area (Å²) in [6.45, 7) is -0.991. The molecule has 0 heterocycles. The first-order valence-electron chi connectivity index (χ1n) is 5.89. The summed E-state index contributed by atoms with van der Waals surface area (Å²) in [5.74, 6) is -0.563. The molecule has 0 N–H and O–H groups in total. The van der Waals surface area contributed by atoms with Crippen molar-refractivity contribution in [2.75, 3.05) is 11.9 Å². The van der Waals surface area contributed by atoms with Crippen molar-refractivity contribution in [3.05, 3.63) is 29.3 Å². The monoisotopic (exact) mass is 336 g/mol. The molecule has 0 radical (unpaired) electrons. The molecular weight excluding hydrogens is 322 g/mol. The Morgan fingerprint density at radius 2 is 2.16 bits per heavy atom. The Hall–Kier alpha value is -1.17. The van der Waals surface area contributed by atoms with Gasteiger partial charge in [0.25, 0.3) is 0 Å². The molecule has 1 aromatic rings. The second-order valence-electron chi connectivity index (χ2n) is 3.71. The lowest BCUT2D eigenvalue weighted by molar-refractivity contribution is -0.0499. The minimum atomic E-state index is -2.91. The van der Waals surface area contributed by atoms with Gasteiger partial charge in [-0.1, -0.05) is 22.0 Å². The fraction of sp³-hybridized carbons (Fsp3) is 0.462. The topological polar surface area (TPSA) is 35.5 Å². The molecule has 1 rings (SSSR count). The highest BCUT2D eigenvalue weighted by Crippen LogP contribution is 2.22. The van der Waals surface area contributed by atoms with Crippen LogP contribution >= 0.6 is 15.9 Å². The van der Waals surface area contributed by atoms with Crippen LogP contribution in [0.5, 0.6) is 5.75 Å². The first-order valence-corrected chi connectivity index (χ1v) is 7.01. The van der Waals surface area contributed by atoms with E-state index >= 15 is 0 Å². The van der Waals surface area contributed by atoms with Gasteiger partial charge in [-0.15, -0.1) is 0 Å². The van der Waals surface area contributed by atoms with Crippen LogP contribution in [-0.4, -0.2) is 24.5 Å². The van der Waals surface area contributed by atoms with Gasteiger partial charge in [0.05, 0.1) is 12.2 Å². The largest absolute Gasteiger partial charge is 0.462 e. The first-order chi connectivity index (χ1) is 9.08. The van der Waals surface area contributed by atoms with Gasteiger partial charge < -0.3 is 9.47 Å². The summed E-state index contributed by atoms with van der Waals surface area (Å²) in [5.41, 5.74) is 1.04. The van der Waals surface area contributed by atoms with Crippen LogP contribution in [0.3, 0.4) is 0 Å². The van der Waals surface area contributed by atoms with Gasteiger partial charge in [0.15, 0.2) is 0 Å². The van der Waals surface area contributed by atoms with E-state index in [1.54, 1.807) is 13.0 Å². The third kappa shape index (κ3) is 5.14. The summed E-state index contributed by atoms with van der Waals surface area (Å²) in [7, 11) is 0. The molecule has 0 bridgehead atoms. The zero-order chi connectivity index (χ0) is 14.3. The molecule has 1 aromatic carbocycles. The van der Waals surface area contributed by atoms with Crippen molar-refractivity contribution in [1.29, 1.82) is 0 Å². The molecule has 19 heavy (non-hydrogen) atoms. The fourth-order valence-electron chi connectivity index (χ4n) is 1.61. The van der Waals surface area contributed by atoms with Gasteiger partial charge >= 0.3 is 12.6 Å². The number of carbonyl (C=O) groups is 1. The molecule has 0 saturated carbocycles. The van der Waals surface area contributed by atoms with Crippen molar-refractivity contribution in [3.8, 4) is 5.75 Å². The number of aryl methyl sites for hydroxylation is 1. The third-order valence-electron chi connectivity index (χ3n) is 2.38. The molecule has 0 spiro atoms. The van der Waals surface area contributed by atoms with Crippen molar-refractivity contribution < 1.29 is 23.0 Å². The van der Waals surface area contributed by atoms with Gasteiger partial charge in [-0.05, 0) is 37.5 Å². The maximum atomic E-state index is 12.2.